The van der Waals surface area contributed by atoms with E-state index in [0.29, 0.717) is 17.1 Å². The summed E-state index contributed by atoms with van der Waals surface area (Å²) in [6.07, 6.45) is 2.90. The molecule has 1 aromatic heterocycles. The Morgan fingerprint density at radius 1 is 1.32 bits per heavy atom. The van der Waals surface area contributed by atoms with E-state index in [1.165, 1.54) is 12.5 Å². The molecule has 0 aliphatic rings. The lowest BCUT2D eigenvalue weighted by Gasteiger charge is -2.02. The van der Waals surface area contributed by atoms with Gasteiger partial charge in [-0.25, -0.2) is 10.2 Å². The predicted molar refractivity (Wildman–Crippen MR) is 78.1 cm³/mol. The van der Waals surface area contributed by atoms with Crippen LogP contribution in [0.2, 0.25) is 0 Å². The summed E-state index contributed by atoms with van der Waals surface area (Å²) in [6, 6.07) is 8.18. The largest absolute Gasteiger partial charge is 0.482 e. The van der Waals surface area contributed by atoms with Gasteiger partial charge in [-0.05, 0) is 42.8 Å². The fraction of sp³-hybridized carbons (Fsp3) is 0.133. The predicted octanol–water partition coefficient (Wildman–Crippen LogP) is 1.82. The maximum atomic E-state index is 11.8. The van der Waals surface area contributed by atoms with Gasteiger partial charge in [-0.15, -0.1) is 0 Å². The number of benzene rings is 1. The summed E-state index contributed by atoms with van der Waals surface area (Å²) in [5, 5.41) is 12.3. The van der Waals surface area contributed by atoms with Crippen LogP contribution in [0.3, 0.4) is 0 Å². The topological polar surface area (TPSA) is 101 Å². The molecule has 2 aromatic rings. The average Bonchev–Trinajstić information content (AvgIpc) is 2.92. The molecule has 7 nitrogen and oxygen atoms in total. The van der Waals surface area contributed by atoms with E-state index in [4.69, 9.17) is 14.3 Å². The van der Waals surface area contributed by atoms with Gasteiger partial charge in [0.25, 0.3) is 5.91 Å². The Hall–Kier alpha value is -3.09. The van der Waals surface area contributed by atoms with Gasteiger partial charge in [-0.2, -0.15) is 5.10 Å². The minimum atomic E-state index is -1.04. The maximum absolute atomic E-state index is 11.8. The number of aliphatic carboxylic acids is 1. The first kappa shape index (κ1) is 15.3. The number of carbonyl (C=O) groups excluding carboxylic acids is 1. The molecule has 2 N–H and O–H groups in total. The molecule has 0 fully saturated rings. The third kappa shape index (κ3) is 4.20. The van der Waals surface area contributed by atoms with E-state index < -0.39 is 12.6 Å². The Morgan fingerprint density at radius 2 is 2.05 bits per heavy atom. The normalized spacial score (nSPS) is 10.6. The van der Waals surface area contributed by atoms with Crippen LogP contribution in [-0.2, 0) is 4.79 Å². The summed E-state index contributed by atoms with van der Waals surface area (Å²) in [4.78, 5) is 22.1. The van der Waals surface area contributed by atoms with Crippen LogP contribution in [0.25, 0.3) is 0 Å². The zero-order valence-electron chi connectivity index (χ0n) is 11.8. The molecule has 1 heterocycles. The van der Waals surface area contributed by atoms with Crippen LogP contribution in [0, 0.1) is 6.92 Å². The number of hydrogen-bond acceptors (Lipinski definition) is 5. The number of nitrogens with zero attached hydrogens (tertiary/aromatic N) is 1. The number of aryl methyl sites for hydroxylation is 1. The highest BCUT2D eigenvalue weighted by atomic mass is 16.5. The highest BCUT2D eigenvalue weighted by molar-refractivity contribution is 5.95. The monoisotopic (exact) mass is 302 g/mol. The summed E-state index contributed by atoms with van der Waals surface area (Å²) >= 11 is 0. The molecule has 7 heteroatoms. The van der Waals surface area contributed by atoms with Gasteiger partial charge in [-0.1, -0.05) is 0 Å². The standard InChI is InChI=1S/C15H14N2O5/c1-10-13(6-7-21-10)15(20)17-16-8-11-2-4-12(5-3-11)22-9-14(18)19/h2-8H,9H2,1H3,(H,17,20)(H,18,19)/b16-8-. The van der Waals surface area contributed by atoms with E-state index in [9.17, 15) is 9.59 Å². The first-order chi connectivity index (χ1) is 10.6. The second kappa shape index (κ2) is 7.07. The van der Waals surface area contributed by atoms with E-state index >= 15 is 0 Å². The van der Waals surface area contributed by atoms with Gasteiger partial charge in [0.15, 0.2) is 6.61 Å². The number of rotatable bonds is 6. The van der Waals surface area contributed by atoms with Gasteiger partial charge in [0, 0.05) is 0 Å². The molecule has 0 unspecified atom stereocenters. The van der Waals surface area contributed by atoms with Crippen molar-refractivity contribution in [2.75, 3.05) is 6.61 Å². The van der Waals surface area contributed by atoms with Crippen molar-refractivity contribution in [1.29, 1.82) is 0 Å². The van der Waals surface area contributed by atoms with E-state index in [-0.39, 0.29) is 5.91 Å². The molecule has 0 saturated heterocycles. The Morgan fingerprint density at radius 3 is 2.64 bits per heavy atom. The molecular weight excluding hydrogens is 288 g/mol. The molecule has 0 atom stereocenters. The summed E-state index contributed by atoms with van der Waals surface area (Å²) in [6.45, 7) is 1.29. The number of hydrogen-bond donors (Lipinski definition) is 2. The van der Waals surface area contributed by atoms with Crippen molar-refractivity contribution in [1.82, 2.24) is 5.43 Å². The molecule has 0 spiro atoms. The Kier molecular flexibility index (Phi) is 4.92. The highest BCUT2D eigenvalue weighted by Crippen LogP contribution is 2.11. The van der Waals surface area contributed by atoms with Crippen LogP contribution >= 0.6 is 0 Å². The lowest BCUT2D eigenvalue weighted by atomic mass is 10.2. The van der Waals surface area contributed by atoms with Gasteiger partial charge in [0.05, 0.1) is 18.0 Å². The summed E-state index contributed by atoms with van der Waals surface area (Å²) in [5.41, 5.74) is 3.54. The molecular formula is C15H14N2O5. The van der Waals surface area contributed by atoms with Gasteiger partial charge in [-0.3, -0.25) is 4.79 Å². The van der Waals surface area contributed by atoms with Crippen LogP contribution < -0.4 is 10.2 Å². The summed E-state index contributed by atoms with van der Waals surface area (Å²) in [5.74, 6) is -0.433. The van der Waals surface area contributed by atoms with Crippen LogP contribution in [0.15, 0.2) is 46.1 Å². The van der Waals surface area contributed by atoms with Crippen molar-refractivity contribution < 1.29 is 23.8 Å². The zero-order chi connectivity index (χ0) is 15.9. The maximum Gasteiger partial charge on any atom is 0.341 e. The van der Waals surface area contributed by atoms with Crippen molar-refractivity contribution in [2.45, 2.75) is 6.92 Å². The molecule has 0 aliphatic carbocycles. The molecule has 1 aromatic carbocycles. The fourth-order valence-corrected chi connectivity index (χ4v) is 1.64. The van der Waals surface area contributed by atoms with Crippen molar-refractivity contribution in [2.24, 2.45) is 5.10 Å². The smallest absolute Gasteiger partial charge is 0.341 e. The molecule has 2 rings (SSSR count). The summed E-state index contributed by atoms with van der Waals surface area (Å²) in [7, 11) is 0. The second-order valence-corrected chi connectivity index (χ2v) is 4.34. The molecule has 0 bridgehead atoms. The Bertz CT molecular complexity index is 688. The van der Waals surface area contributed by atoms with E-state index in [2.05, 4.69) is 10.5 Å². The van der Waals surface area contributed by atoms with Gasteiger partial charge in [0.2, 0.25) is 0 Å². The van der Waals surface area contributed by atoms with Crippen LogP contribution in [0.4, 0.5) is 0 Å². The molecule has 0 radical (unpaired) electrons. The van der Waals surface area contributed by atoms with Crippen LogP contribution in [-0.4, -0.2) is 29.8 Å². The lowest BCUT2D eigenvalue weighted by Crippen LogP contribution is -2.17. The van der Waals surface area contributed by atoms with Gasteiger partial charge < -0.3 is 14.3 Å². The number of carboxylic acids is 1. The van der Waals surface area contributed by atoms with Crippen LogP contribution in [0.1, 0.15) is 21.7 Å². The number of ether oxygens (including phenoxy) is 1. The summed E-state index contributed by atoms with van der Waals surface area (Å²) < 4.78 is 10.0. The number of amides is 1. The van der Waals surface area contributed by atoms with Crippen LogP contribution in [0.5, 0.6) is 5.75 Å². The first-order valence-corrected chi connectivity index (χ1v) is 6.38. The number of carbonyl (C=O) groups is 2. The van der Waals surface area contributed by atoms with Crippen molar-refractivity contribution in [3.63, 3.8) is 0 Å². The molecule has 1 amide bonds. The van der Waals surface area contributed by atoms with Crippen molar-refractivity contribution in [3.05, 3.63) is 53.5 Å². The third-order valence-corrected chi connectivity index (χ3v) is 2.73. The van der Waals surface area contributed by atoms with Crippen molar-refractivity contribution >= 4 is 18.1 Å². The second-order valence-electron chi connectivity index (χ2n) is 4.34. The van der Waals surface area contributed by atoms with E-state index in [1.807, 2.05) is 0 Å². The van der Waals surface area contributed by atoms with Gasteiger partial charge in [0.1, 0.15) is 11.5 Å². The Labute approximate surface area is 126 Å². The van der Waals surface area contributed by atoms with Crippen molar-refractivity contribution in [3.8, 4) is 5.75 Å². The zero-order valence-corrected chi connectivity index (χ0v) is 11.8. The number of hydrazone groups is 1. The first-order valence-electron chi connectivity index (χ1n) is 6.38. The minimum Gasteiger partial charge on any atom is -0.482 e. The molecule has 0 saturated carbocycles. The highest BCUT2D eigenvalue weighted by Gasteiger charge is 2.09. The number of nitrogens with one attached hydrogen (secondary N) is 1. The Balaban J connectivity index is 1.89. The molecule has 0 aliphatic heterocycles. The molecule has 114 valence electrons. The SMILES string of the molecule is Cc1occc1C(=O)N/N=C\c1ccc(OCC(=O)O)cc1. The lowest BCUT2D eigenvalue weighted by molar-refractivity contribution is -0.139. The quantitative estimate of drug-likeness (QED) is 0.626. The number of carboxylic acid groups (broad SMARTS) is 1. The third-order valence-electron chi connectivity index (χ3n) is 2.73. The van der Waals surface area contributed by atoms with E-state index in [0.717, 1.165) is 5.56 Å². The fourth-order valence-electron chi connectivity index (χ4n) is 1.64. The average molecular weight is 302 g/mol. The van der Waals surface area contributed by atoms with E-state index in [1.54, 1.807) is 37.3 Å². The molecule has 22 heavy (non-hydrogen) atoms. The van der Waals surface area contributed by atoms with Gasteiger partial charge >= 0.3 is 5.97 Å². The minimum absolute atomic E-state index is 0.357. The number of furan rings is 1.